The maximum Gasteiger partial charge on any atom is 0.433 e. The van der Waals surface area contributed by atoms with Crippen LogP contribution in [0.2, 0.25) is 0 Å². The number of benzene rings is 1. The average molecular weight is 263 g/mol. The minimum Gasteiger partial charge on any atom is -0.494 e. The highest BCUT2D eigenvalue weighted by atomic mass is 16.6. The summed E-state index contributed by atoms with van der Waals surface area (Å²) in [6.45, 7) is 2.44. The van der Waals surface area contributed by atoms with E-state index in [9.17, 15) is 15.2 Å². The van der Waals surface area contributed by atoms with Gasteiger partial charge in [-0.2, -0.15) is 0 Å². The molecule has 0 aliphatic carbocycles. The molecule has 0 fully saturated rings. The smallest absolute Gasteiger partial charge is 0.433 e. The average Bonchev–Trinajstić information content (AvgIpc) is 2.89. The van der Waals surface area contributed by atoms with Crippen molar-refractivity contribution in [2.24, 2.45) is 0 Å². The van der Waals surface area contributed by atoms with E-state index in [1.54, 1.807) is 24.3 Å². The second-order valence-electron chi connectivity index (χ2n) is 3.84. The number of hydrogen-bond acceptors (Lipinski definition) is 5. The lowest BCUT2D eigenvalue weighted by Crippen LogP contribution is -1.98. The summed E-state index contributed by atoms with van der Waals surface area (Å²) in [6, 6.07) is 9.42. The van der Waals surface area contributed by atoms with Gasteiger partial charge < -0.3 is 14.3 Å². The molecule has 0 aliphatic rings. The summed E-state index contributed by atoms with van der Waals surface area (Å²) in [5.41, 5.74) is 0.577. The van der Waals surface area contributed by atoms with E-state index in [2.05, 4.69) is 0 Å². The Morgan fingerprint density at radius 1 is 1.32 bits per heavy atom. The molecular weight excluding hydrogens is 250 g/mol. The van der Waals surface area contributed by atoms with Crippen LogP contribution in [0, 0.1) is 10.1 Å². The van der Waals surface area contributed by atoms with Gasteiger partial charge in [0.15, 0.2) is 0 Å². The van der Waals surface area contributed by atoms with Crippen LogP contribution in [0.15, 0.2) is 40.8 Å². The fourth-order valence-corrected chi connectivity index (χ4v) is 1.66. The summed E-state index contributed by atoms with van der Waals surface area (Å²) in [5, 5.41) is 20.6. The fourth-order valence-electron chi connectivity index (χ4n) is 1.66. The van der Waals surface area contributed by atoms with Crippen molar-refractivity contribution in [3.05, 3.63) is 57.8 Å². The molecule has 0 aliphatic heterocycles. The number of ether oxygens (including phenoxy) is 1. The van der Waals surface area contributed by atoms with Crippen molar-refractivity contribution < 1.29 is 19.2 Å². The summed E-state index contributed by atoms with van der Waals surface area (Å²) in [7, 11) is 0. The highest BCUT2D eigenvalue weighted by molar-refractivity contribution is 5.32. The van der Waals surface area contributed by atoms with Gasteiger partial charge in [0.25, 0.3) is 0 Å². The molecule has 0 spiro atoms. The van der Waals surface area contributed by atoms with E-state index in [4.69, 9.17) is 9.15 Å². The van der Waals surface area contributed by atoms with Crippen LogP contribution < -0.4 is 4.74 Å². The van der Waals surface area contributed by atoms with Gasteiger partial charge in [0.05, 0.1) is 12.7 Å². The van der Waals surface area contributed by atoms with Gasteiger partial charge in [0.1, 0.15) is 22.5 Å². The highest BCUT2D eigenvalue weighted by Crippen LogP contribution is 2.27. The van der Waals surface area contributed by atoms with Crippen molar-refractivity contribution >= 4 is 5.88 Å². The molecule has 0 saturated carbocycles. The summed E-state index contributed by atoms with van der Waals surface area (Å²) in [6.07, 6.45) is -1.04. The van der Waals surface area contributed by atoms with Crippen molar-refractivity contribution in [2.45, 2.75) is 13.0 Å². The number of rotatable bonds is 5. The Morgan fingerprint density at radius 2 is 2.00 bits per heavy atom. The van der Waals surface area contributed by atoms with Crippen LogP contribution in [0.25, 0.3) is 0 Å². The Morgan fingerprint density at radius 3 is 2.53 bits per heavy atom. The zero-order valence-corrected chi connectivity index (χ0v) is 10.3. The zero-order chi connectivity index (χ0) is 13.8. The highest BCUT2D eigenvalue weighted by Gasteiger charge is 2.19. The maximum absolute atomic E-state index is 10.5. The van der Waals surface area contributed by atoms with Crippen LogP contribution in [0.4, 0.5) is 5.88 Å². The molecule has 2 rings (SSSR count). The molecule has 0 amide bonds. The van der Waals surface area contributed by atoms with Crippen LogP contribution in [0.3, 0.4) is 0 Å². The van der Waals surface area contributed by atoms with Crippen molar-refractivity contribution in [1.82, 2.24) is 0 Å². The largest absolute Gasteiger partial charge is 0.494 e. The molecule has 6 heteroatoms. The Labute approximate surface area is 109 Å². The van der Waals surface area contributed by atoms with E-state index in [1.165, 1.54) is 12.1 Å². The van der Waals surface area contributed by atoms with Gasteiger partial charge in [0, 0.05) is 0 Å². The van der Waals surface area contributed by atoms with Crippen LogP contribution in [-0.4, -0.2) is 16.6 Å². The number of aliphatic hydroxyl groups is 1. The molecule has 1 heterocycles. The predicted molar refractivity (Wildman–Crippen MR) is 67.0 cm³/mol. The Kier molecular flexibility index (Phi) is 3.82. The lowest BCUT2D eigenvalue weighted by atomic mass is 10.1. The second-order valence-corrected chi connectivity index (χ2v) is 3.84. The van der Waals surface area contributed by atoms with E-state index < -0.39 is 11.0 Å². The predicted octanol–water partition coefficient (Wildman–Crippen LogP) is 2.67. The molecule has 1 aromatic carbocycles. The lowest BCUT2D eigenvalue weighted by molar-refractivity contribution is -0.402. The molecule has 100 valence electrons. The van der Waals surface area contributed by atoms with Gasteiger partial charge in [-0.25, -0.2) is 0 Å². The number of nitro groups is 1. The molecule has 2 aromatic rings. The van der Waals surface area contributed by atoms with E-state index in [1.807, 2.05) is 6.92 Å². The molecule has 6 nitrogen and oxygen atoms in total. The zero-order valence-electron chi connectivity index (χ0n) is 10.3. The van der Waals surface area contributed by atoms with E-state index >= 15 is 0 Å². The van der Waals surface area contributed by atoms with E-state index in [0.29, 0.717) is 17.9 Å². The first-order chi connectivity index (χ1) is 9.11. The number of hydrogen-bond donors (Lipinski definition) is 1. The monoisotopic (exact) mass is 263 g/mol. The molecule has 19 heavy (non-hydrogen) atoms. The second kappa shape index (κ2) is 5.53. The molecule has 0 saturated heterocycles. The topological polar surface area (TPSA) is 85.7 Å². The van der Waals surface area contributed by atoms with E-state index in [-0.39, 0.29) is 11.6 Å². The SMILES string of the molecule is CCOc1ccc(C(O)c2ccc([N+](=O)[O-])o2)cc1. The number of nitrogens with zero attached hydrogens (tertiary/aromatic N) is 1. The van der Waals surface area contributed by atoms with Crippen LogP contribution in [0.5, 0.6) is 5.75 Å². The van der Waals surface area contributed by atoms with E-state index in [0.717, 1.165) is 0 Å². The first-order valence-electron chi connectivity index (χ1n) is 5.76. The Balaban J connectivity index is 2.17. The molecule has 1 N–H and O–H groups in total. The summed E-state index contributed by atoms with van der Waals surface area (Å²) >= 11 is 0. The minimum absolute atomic E-state index is 0.135. The van der Waals surface area contributed by atoms with Gasteiger partial charge in [-0.1, -0.05) is 12.1 Å². The van der Waals surface area contributed by atoms with Gasteiger partial charge >= 0.3 is 5.88 Å². The van der Waals surface area contributed by atoms with Gasteiger partial charge in [-0.3, -0.25) is 10.1 Å². The van der Waals surface area contributed by atoms with Gasteiger partial charge in [-0.15, -0.1) is 0 Å². The molecule has 1 atom stereocenters. The fraction of sp³-hybridized carbons (Fsp3) is 0.231. The molecule has 1 aromatic heterocycles. The number of aliphatic hydroxyl groups excluding tert-OH is 1. The molecule has 0 bridgehead atoms. The standard InChI is InChI=1S/C13H13NO5/c1-2-18-10-5-3-9(4-6-10)13(15)11-7-8-12(19-11)14(16)17/h3-8,13,15H,2H2,1H3. The first-order valence-corrected chi connectivity index (χ1v) is 5.76. The van der Waals surface area contributed by atoms with Crippen molar-refractivity contribution in [3.8, 4) is 5.75 Å². The molecular formula is C13H13NO5. The third kappa shape index (κ3) is 2.92. The third-order valence-corrected chi connectivity index (χ3v) is 2.57. The van der Waals surface area contributed by atoms with Crippen molar-refractivity contribution in [3.63, 3.8) is 0 Å². The quantitative estimate of drug-likeness (QED) is 0.662. The van der Waals surface area contributed by atoms with Crippen LogP contribution in [0.1, 0.15) is 24.4 Å². The van der Waals surface area contributed by atoms with Gasteiger partial charge in [0.2, 0.25) is 0 Å². The minimum atomic E-state index is -1.04. The Hall–Kier alpha value is -2.34. The summed E-state index contributed by atoms with van der Waals surface area (Å²) < 4.78 is 10.2. The van der Waals surface area contributed by atoms with Crippen molar-refractivity contribution in [2.75, 3.05) is 6.61 Å². The van der Waals surface area contributed by atoms with Crippen molar-refractivity contribution in [1.29, 1.82) is 0 Å². The summed E-state index contributed by atoms with van der Waals surface area (Å²) in [5.74, 6) is 0.444. The maximum atomic E-state index is 10.5. The normalized spacial score (nSPS) is 12.1. The molecule has 1 unspecified atom stereocenters. The van der Waals surface area contributed by atoms with Crippen LogP contribution >= 0.6 is 0 Å². The van der Waals surface area contributed by atoms with Crippen LogP contribution in [-0.2, 0) is 0 Å². The first kappa shape index (κ1) is 13.1. The molecule has 0 radical (unpaired) electrons. The van der Waals surface area contributed by atoms with Gasteiger partial charge in [-0.05, 0) is 30.7 Å². The number of furan rings is 1. The summed E-state index contributed by atoms with van der Waals surface area (Å²) in [4.78, 5) is 9.86. The third-order valence-electron chi connectivity index (χ3n) is 2.57. The Bertz CT molecular complexity index is 561. The lowest BCUT2D eigenvalue weighted by Gasteiger charge is -2.09.